The molecule has 0 aromatic carbocycles. The first-order valence-electron chi connectivity index (χ1n) is 5.84. The molecule has 1 unspecified atom stereocenters. The van der Waals surface area contributed by atoms with Gasteiger partial charge in [-0.05, 0) is 13.0 Å². The minimum absolute atomic E-state index is 0.582. The van der Waals surface area contributed by atoms with Crippen LogP contribution in [0, 0.1) is 0 Å². The summed E-state index contributed by atoms with van der Waals surface area (Å²) in [7, 11) is 1.75. The zero-order valence-electron chi connectivity index (χ0n) is 10.5. The smallest absolute Gasteiger partial charge is 0.0589 e. The van der Waals surface area contributed by atoms with Gasteiger partial charge in [-0.15, -0.1) is 6.58 Å². The summed E-state index contributed by atoms with van der Waals surface area (Å²) in [5, 5.41) is 3.40. The Labute approximate surface area is 94.5 Å². The van der Waals surface area contributed by atoms with Crippen molar-refractivity contribution in [3.05, 3.63) is 12.7 Å². The zero-order valence-corrected chi connectivity index (χ0v) is 10.5. The Kier molecular flexibility index (Phi) is 9.89. The second-order valence-corrected chi connectivity index (χ2v) is 3.65. The summed E-state index contributed by atoms with van der Waals surface area (Å²) < 4.78 is 5.12. The molecule has 0 rings (SSSR count). The average molecular weight is 214 g/mol. The Balaban J connectivity index is 4.06. The van der Waals surface area contributed by atoms with Gasteiger partial charge in [0.2, 0.25) is 0 Å². The molecule has 1 N–H and O–H groups in total. The fraction of sp³-hybridized carbons (Fsp3) is 0.833. The summed E-state index contributed by atoms with van der Waals surface area (Å²) in [4.78, 5) is 2.42. The number of ether oxygens (including phenoxy) is 1. The van der Waals surface area contributed by atoms with E-state index >= 15 is 0 Å². The van der Waals surface area contributed by atoms with Crippen LogP contribution in [0.25, 0.3) is 0 Å². The van der Waals surface area contributed by atoms with Crippen molar-refractivity contribution in [1.82, 2.24) is 10.2 Å². The van der Waals surface area contributed by atoms with Gasteiger partial charge in [0.25, 0.3) is 0 Å². The van der Waals surface area contributed by atoms with Gasteiger partial charge in [0, 0.05) is 32.8 Å². The Morgan fingerprint density at radius 2 is 2.20 bits per heavy atom. The Morgan fingerprint density at radius 1 is 1.47 bits per heavy atom. The van der Waals surface area contributed by atoms with Gasteiger partial charge in [0.05, 0.1) is 6.61 Å². The molecular weight excluding hydrogens is 188 g/mol. The van der Waals surface area contributed by atoms with Gasteiger partial charge in [-0.2, -0.15) is 0 Å². The lowest BCUT2D eigenvalue weighted by atomic mass is 10.2. The van der Waals surface area contributed by atoms with Crippen LogP contribution in [0.2, 0.25) is 0 Å². The molecule has 1 atom stereocenters. The number of likely N-dealkylation sites (N-methyl/N-ethyl adjacent to an activating group) is 1. The lowest BCUT2D eigenvalue weighted by molar-refractivity contribution is 0.125. The molecule has 0 aromatic heterocycles. The second kappa shape index (κ2) is 10.1. The van der Waals surface area contributed by atoms with E-state index in [1.54, 1.807) is 7.11 Å². The topological polar surface area (TPSA) is 24.5 Å². The Bertz CT molecular complexity index is 151. The van der Waals surface area contributed by atoms with Crippen LogP contribution >= 0.6 is 0 Å². The third-order valence-corrected chi connectivity index (χ3v) is 2.56. The number of hydrogen-bond acceptors (Lipinski definition) is 3. The molecule has 0 amide bonds. The highest BCUT2D eigenvalue weighted by Gasteiger charge is 2.14. The monoisotopic (exact) mass is 214 g/mol. The first kappa shape index (κ1) is 14.6. The van der Waals surface area contributed by atoms with Crippen LogP contribution in [0.4, 0.5) is 0 Å². The van der Waals surface area contributed by atoms with E-state index in [9.17, 15) is 0 Å². The van der Waals surface area contributed by atoms with Crippen molar-refractivity contribution in [2.24, 2.45) is 0 Å². The third kappa shape index (κ3) is 6.66. The van der Waals surface area contributed by atoms with Crippen molar-refractivity contribution >= 4 is 0 Å². The third-order valence-electron chi connectivity index (χ3n) is 2.56. The summed E-state index contributed by atoms with van der Waals surface area (Å²) in [6.07, 6.45) is 3.12. The molecule has 0 bridgehead atoms. The van der Waals surface area contributed by atoms with E-state index in [0.29, 0.717) is 6.04 Å². The van der Waals surface area contributed by atoms with Crippen LogP contribution < -0.4 is 5.32 Å². The van der Waals surface area contributed by atoms with Crippen molar-refractivity contribution in [2.75, 3.05) is 39.9 Å². The number of nitrogens with zero attached hydrogens (tertiary/aromatic N) is 1. The summed E-state index contributed by atoms with van der Waals surface area (Å²) in [5.74, 6) is 0. The van der Waals surface area contributed by atoms with Gasteiger partial charge in [-0.25, -0.2) is 0 Å². The van der Waals surface area contributed by atoms with Crippen LogP contribution in [0.1, 0.15) is 20.3 Å². The molecule has 0 aliphatic carbocycles. The first-order valence-corrected chi connectivity index (χ1v) is 5.84. The van der Waals surface area contributed by atoms with E-state index in [1.807, 2.05) is 6.08 Å². The minimum atomic E-state index is 0.582. The second-order valence-electron chi connectivity index (χ2n) is 3.65. The highest BCUT2D eigenvalue weighted by Crippen LogP contribution is 2.03. The van der Waals surface area contributed by atoms with Crippen LogP contribution in [-0.4, -0.2) is 50.8 Å². The lowest BCUT2D eigenvalue weighted by Gasteiger charge is -2.30. The summed E-state index contributed by atoms with van der Waals surface area (Å²) in [6, 6.07) is 0.582. The van der Waals surface area contributed by atoms with Gasteiger partial charge in [-0.3, -0.25) is 4.90 Å². The van der Waals surface area contributed by atoms with Gasteiger partial charge >= 0.3 is 0 Å². The molecule has 15 heavy (non-hydrogen) atoms. The van der Waals surface area contributed by atoms with E-state index in [1.165, 1.54) is 0 Å². The predicted octanol–water partition coefficient (Wildman–Crippen LogP) is 1.51. The first-order chi connectivity index (χ1) is 7.29. The molecule has 0 heterocycles. The summed E-state index contributed by atoms with van der Waals surface area (Å²) in [6.45, 7) is 12.9. The van der Waals surface area contributed by atoms with Gasteiger partial charge in [-0.1, -0.05) is 19.9 Å². The van der Waals surface area contributed by atoms with Crippen LogP contribution in [0.3, 0.4) is 0 Å². The molecule has 3 nitrogen and oxygen atoms in total. The molecule has 0 aliphatic rings. The van der Waals surface area contributed by atoms with Gasteiger partial charge in [0.1, 0.15) is 0 Å². The molecule has 90 valence electrons. The summed E-state index contributed by atoms with van der Waals surface area (Å²) in [5.41, 5.74) is 0. The number of nitrogens with one attached hydrogen (secondary N) is 1. The number of hydrogen-bond donors (Lipinski definition) is 1. The van der Waals surface area contributed by atoms with E-state index < -0.39 is 0 Å². The summed E-state index contributed by atoms with van der Waals surface area (Å²) >= 11 is 0. The number of rotatable bonds is 10. The maximum Gasteiger partial charge on any atom is 0.0589 e. The van der Waals surface area contributed by atoms with E-state index in [4.69, 9.17) is 4.74 Å². The SMILES string of the molecule is C=CCN(CCOC)C(CC)CNCC. The molecule has 0 radical (unpaired) electrons. The quantitative estimate of drug-likeness (QED) is 0.558. The molecule has 0 spiro atoms. The Hall–Kier alpha value is -0.380. The fourth-order valence-corrected chi connectivity index (χ4v) is 1.64. The molecule has 0 aliphatic heterocycles. The highest BCUT2D eigenvalue weighted by atomic mass is 16.5. The largest absolute Gasteiger partial charge is 0.383 e. The van der Waals surface area contributed by atoms with Crippen LogP contribution in [-0.2, 0) is 4.74 Å². The Morgan fingerprint density at radius 3 is 2.67 bits per heavy atom. The van der Waals surface area contributed by atoms with Gasteiger partial charge in [0.15, 0.2) is 0 Å². The average Bonchev–Trinajstić information content (AvgIpc) is 2.26. The normalized spacial score (nSPS) is 13.1. The maximum absolute atomic E-state index is 5.12. The zero-order chi connectivity index (χ0) is 11.5. The van der Waals surface area contributed by atoms with E-state index in [2.05, 4.69) is 30.6 Å². The number of methoxy groups -OCH3 is 1. The maximum atomic E-state index is 5.12. The molecule has 3 heteroatoms. The molecular formula is C12H26N2O. The van der Waals surface area contributed by atoms with Crippen molar-refractivity contribution < 1.29 is 4.74 Å². The lowest BCUT2D eigenvalue weighted by Crippen LogP contribution is -2.43. The minimum Gasteiger partial charge on any atom is -0.383 e. The van der Waals surface area contributed by atoms with Gasteiger partial charge < -0.3 is 10.1 Å². The van der Waals surface area contributed by atoms with E-state index in [0.717, 1.165) is 39.2 Å². The molecule has 0 aromatic rings. The van der Waals surface area contributed by atoms with E-state index in [-0.39, 0.29) is 0 Å². The molecule has 0 fully saturated rings. The van der Waals surface area contributed by atoms with Crippen molar-refractivity contribution in [1.29, 1.82) is 0 Å². The predicted molar refractivity (Wildman–Crippen MR) is 66.3 cm³/mol. The van der Waals surface area contributed by atoms with Crippen molar-refractivity contribution in [3.63, 3.8) is 0 Å². The highest BCUT2D eigenvalue weighted by molar-refractivity contribution is 4.80. The fourth-order valence-electron chi connectivity index (χ4n) is 1.64. The molecule has 0 saturated carbocycles. The van der Waals surface area contributed by atoms with Crippen LogP contribution in [0.15, 0.2) is 12.7 Å². The van der Waals surface area contributed by atoms with Crippen LogP contribution in [0.5, 0.6) is 0 Å². The standard InChI is InChI=1S/C12H26N2O/c1-5-8-14(9-10-15-4)12(6-2)11-13-7-3/h5,12-13H,1,6-11H2,2-4H3. The van der Waals surface area contributed by atoms with Crippen molar-refractivity contribution in [2.45, 2.75) is 26.3 Å². The van der Waals surface area contributed by atoms with Crippen molar-refractivity contribution in [3.8, 4) is 0 Å². The molecule has 0 saturated heterocycles.